The van der Waals surface area contributed by atoms with Crippen molar-refractivity contribution in [3.8, 4) is 0 Å². The Hall–Kier alpha value is -1.55. The number of benzene rings is 1. The summed E-state index contributed by atoms with van der Waals surface area (Å²) < 4.78 is 0. The lowest BCUT2D eigenvalue weighted by atomic mass is 10.1. The fraction of sp³-hybridized carbons (Fsp3) is 0.533. The van der Waals surface area contributed by atoms with Crippen molar-refractivity contribution in [1.82, 2.24) is 5.32 Å². The molecule has 19 heavy (non-hydrogen) atoms. The molecule has 1 aliphatic rings. The van der Waals surface area contributed by atoms with E-state index < -0.39 is 0 Å². The van der Waals surface area contributed by atoms with E-state index >= 15 is 0 Å². The molecule has 1 aromatic rings. The van der Waals surface area contributed by atoms with Crippen LogP contribution in [0.5, 0.6) is 0 Å². The fourth-order valence-corrected chi connectivity index (χ4v) is 2.60. The number of carbonyl (C=O) groups excluding carboxylic acids is 1. The van der Waals surface area contributed by atoms with Gasteiger partial charge in [-0.25, -0.2) is 0 Å². The Kier molecular flexibility index (Phi) is 4.43. The van der Waals surface area contributed by atoms with Gasteiger partial charge in [-0.05, 0) is 43.9 Å². The smallest absolute Gasteiger partial charge is 0.242 e. The lowest BCUT2D eigenvalue weighted by Gasteiger charge is -2.31. The Morgan fingerprint density at radius 1 is 1.42 bits per heavy atom. The van der Waals surface area contributed by atoms with Gasteiger partial charge in [0.15, 0.2) is 0 Å². The van der Waals surface area contributed by atoms with Gasteiger partial charge in [-0.15, -0.1) is 0 Å². The molecule has 0 saturated carbocycles. The van der Waals surface area contributed by atoms with Crippen molar-refractivity contribution in [3.05, 3.63) is 29.3 Å². The zero-order chi connectivity index (χ0) is 13.8. The van der Waals surface area contributed by atoms with Gasteiger partial charge >= 0.3 is 0 Å². The monoisotopic (exact) mass is 262 g/mol. The molecule has 104 valence electrons. The third-order valence-corrected chi connectivity index (χ3v) is 3.63. The van der Waals surface area contributed by atoms with Crippen LogP contribution in [-0.4, -0.2) is 36.8 Å². The summed E-state index contributed by atoms with van der Waals surface area (Å²) in [5.41, 5.74) is 3.46. The summed E-state index contributed by atoms with van der Waals surface area (Å²) in [4.78, 5) is 14.3. The second-order valence-corrected chi connectivity index (χ2v) is 5.16. The normalized spacial score (nSPS) is 20.1. The van der Waals surface area contributed by atoms with Crippen LogP contribution < -0.4 is 10.2 Å². The van der Waals surface area contributed by atoms with Gasteiger partial charge in [-0.1, -0.05) is 12.1 Å². The lowest BCUT2D eigenvalue weighted by molar-refractivity contribution is -0.122. The number of anilines is 1. The number of carbonyl (C=O) groups is 1. The number of aliphatic hydroxyl groups excluding tert-OH is 1. The molecule has 1 unspecified atom stereocenters. The average Bonchev–Trinajstić information content (AvgIpc) is 2.56. The first-order valence-electron chi connectivity index (χ1n) is 6.86. The minimum absolute atomic E-state index is 0.0208. The highest BCUT2D eigenvalue weighted by molar-refractivity contribution is 5.86. The van der Waals surface area contributed by atoms with E-state index in [0.29, 0.717) is 13.0 Å². The first-order valence-corrected chi connectivity index (χ1v) is 6.86. The molecule has 0 radical (unpaired) electrons. The number of aryl methyl sites for hydroxylation is 2. The maximum atomic E-state index is 12.1. The second-order valence-electron chi connectivity index (χ2n) is 5.16. The first kappa shape index (κ1) is 13.9. The summed E-state index contributed by atoms with van der Waals surface area (Å²) >= 11 is 0. The van der Waals surface area contributed by atoms with Gasteiger partial charge in [0.05, 0.1) is 0 Å². The van der Waals surface area contributed by atoms with Gasteiger partial charge in [0.1, 0.15) is 6.04 Å². The molecular weight excluding hydrogens is 240 g/mol. The van der Waals surface area contributed by atoms with E-state index in [2.05, 4.69) is 42.3 Å². The molecule has 0 aliphatic carbocycles. The number of aliphatic hydroxyl groups is 1. The number of nitrogens with one attached hydrogen (secondary N) is 1. The van der Waals surface area contributed by atoms with Crippen LogP contribution in [-0.2, 0) is 4.79 Å². The van der Waals surface area contributed by atoms with Crippen LogP contribution >= 0.6 is 0 Å². The molecule has 1 aromatic carbocycles. The van der Waals surface area contributed by atoms with Crippen molar-refractivity contribution >= 4 is 11.6 Å². The third-order valence-electron chi connectivity index (χ3n) is 3.63. The molecular formula is C15H22N2O2. The molecule has 0 bridgehead atoms. The molecule has 1 fully saturated rings. The number of nitrogens with zero attached hydrogens (tertiary/aromatic N) is 1. The van der Waals surface area contributed by atoms with Crippen LogP contribution in [0.15, 0.2) is 18.2 Å². The van der Waals surface area contributed by atoms with Gasteiger partial charge in [0, 0.05) is 25.4 Å². The minimum Gasteiger partial charge on any atom is -0.396 e. The third kappa shape index (κ3) is 3.07. The summed E-state index contributed by atoms with van der Waals surface area (Å²) in [6, 6.07) is 6.02. The van der Waals surface area contributed by atoms with E-state index in [4.69, 9.17) is 0 Å². The van der Waals surface area contributed by atoms with Crippen molar-refractivity contribution in [2.45, 2.75) is 32.7 Å². The van der Waals surface area contributed by atoms with E-state index in [-0.39, 0.29) is 18.6 Å². The molecule has 4 nitrogen and oxygen atoms in total. The van der Waals surface area contributed by atoms with E-state index in [0.717, 1.165) is 18.7 Å². The summed E-state index contributed by atoms with van der Waals surface area (Å²) in [5, 5.41) is 12.1. The summed E-state index contributed by atoms with van der Waals surface area (Å²) in [5.74, 6) is 0.0208. The van der Waals surface area contributed by atoms with Crippen LogP contribution in [0.2, 0.25) is 0 Å². The molecule has 1 saturated heterocycles. The maximum Gasteiger partial charge on any atom is 0.242 e. The molecule has 1 heterocycles. The molecule has 0 aromatic heterocycles. The Balaban J connectivity index is 2.37. The van der Waals surface area contributed by atoms with Gasteiger partial charge in [0.2, 0.25) is 5.91 Å². The summed E-state index contributed by atoms with van der Waals surface area (Å²) in [6.07, 6.45) is 1.40. The van der Waals surface area contributed by atoms with Gasteiger partial charge in [0.25, 0.3) is 0 Å². The summed E-state index contributed by atoms with van der Waals surface area (Å²) in [7, 11) is 0. The number of hydrogen-bond donors (Lipinski definition) is 2. The van der Waals surface area contributed by atoms with E-state index in [9.17, 15) is 9.90 Å². The zero-order valence-electron chi connectivity index (χ0n) is 11.6. The number of amides is 1. The highest BCUT2D eigenvalue weighted by Gasteiger charge is 2.28. The molecule has 4 heteroatoms. The van der Waals surface area contributed by atoms with Crippen molar-refractivity contribution < 1.29 is 9.90 Å². The molecule has 2 rings (SSSR count). The van der Waals surface area contributed by atoms with Crippen LogP contribution in [0, 0.1) is 13.8 Å². The molecule has 1 amide bonds. The highest BCUT2D eigenvalue weighted by Crippen LogP contribution is 2.25. The standard InChI is InChI=1S/C15H22N2O2/c1-11-4-5-12(2)14(10-11)17-8-3-7-16-15(19)13(17)6-9-18/h4-5,10,13,18H,3,6-9H2,1-2H3,(H,16,19). The predicted molar refractivity (Wildman–Crippen MR) is 76.4 cm³/mol. The molecule has 2 N–H and O–H groups in total. The molecule has 1 aliphatic heterocycles. The highest BCUT2D eigenvalue weighted by atomic mass is 16.3. The van der Waals surface area contributed by atoms with Gasteiger partial charge in [-0.2, -0.15) is 0 Å². The van der Waals surface area contributed by atoms with E-state index in [1.165, 1.54) is 11.1 Å². The zero-order valence-corrected chi connectivity index (χ0v) is 11.6. The Morgan fingerprint density at radius 2 is 2.21 bits per heavy atom. The minimum atomic E-state index is -0.270. The quantitative estimate of drug-likeness (QED) is 0.865. The first-order chi connectivity index (χ1) is 9.13. The molecule has 0 spiro atoms. The Labute approximate surface area is 114 Å². The van der Waals surface area contributed by atoms with Crippen LogP contribution in [0.3, 0.4) is 0 Å². The average molecular weight is 262 g/mol. The summed E-state index contributed by atoms with van der Waals surface area (Å²) in [6.45, 7) is 5.70. The topological polar surface area (TPSA) is 52.6 Å². The van der Waals surface area contributed by atoms with Gasteiger partial charge < -0.3 is 15.3 Å². The Bertz CT molecular complexity index is 459. The second kappa shape index (κ2) is 6.06. The van der Waals surface area contributed by atoms with Crippen molar-refractivity contribution in [3.63, 3.8) is 0 Å². The van der Waals surface area contributed by atoms with Crippen LogP contribution in [0.1, 0.15) is 24.0 Å². The predicted octanol–water partition coefficient (Wildman–Crippen LogP) is 1.38. The van der Waals surface area contributed by atoms with Crippen molar-refractivity contribution in [2.75, 3.05) is 24.6 Å². The number of hydrogen-bond acceptors (Lipinski definition) is 3. The number of rotatable bonds is 3. The lowest BCUT2D eigenvalue weighted by Crippen LogP contribution is -2.45. The SMILES string of the molecule is Cc1ccc(C)c(N2CCCNC(=O)C2CCO)c1. The van der Waals surface area contributed by atoms with Crippen molar-refractivity contribution in [2.24, 2.45) is 0 Å². The van der Waals surface area contributed by atoms with Gasteiger partial charge in [-0.3, -0.25) is 4.79 Å². The van der Waals surface area contributed by atoms with Crippen LogP contribution in [0.4, 0.5) is 5.69 Å². The maximum absolute atomic E-state index is 12.1. The van der Waals surface area contributed by atoms with E-state index in [1.807, 2.05) is 0 Å². The molecule has 1 atom stereocenters. The fourth-order valence-electron chi connectivity index (χ4n) is 2.60. The van der Waals surface area contributed by atoms with Crippen molar-refractivity contribution in [1.29, 1.82) is 0 Å². The Morgan fingerprint density at radius 3 is 2.95 bits per heavy atom. The van der Waals surface area contributed by atoms with Crippen LogP contribution in [0.25, 0.3) is 0 Å². The van der Waals surface area contributed by atoms with E-state index in [1.54, 1.807) is 0 Å². The largest absolute Gasteiger partial charge is 0.396 e.